The highest BCUT2D eigenvalue weighted by atomic mass is 35.5. The van der Waals surface area contributed by atoms with Gasteiger partial charge in [0.15, 0.2) is 6.61 Å². The van der Waals surface area contributed by atoms with E-state index in [1.807, 2.05) is 12.1 Å². The quantitative estimate of drug-likeness (QED) is 0.631. The van der Waals surface area contributed by atoms with Crippen molar-refractivity contribution in [2.45, 2.75) is 0 Å². The van der Waals surface area contributed by atoms with Crippen molar-refractivity contribution in [1.29, 1.82) is 0 Å². The number of halogens is 1. The molecule has 0 radical (unpaired) electrons. The van der Waals surface area contributed by atoms with E-state index >= 15 is 0 Å². The molecule has 2 heteroatoms. The van der Waals surface area contributed by atoms with Crippen LogP contribution in [0.1, 0.15) is 0 Å². The van der Waals surface area contributed by atoms with E-state index in [-0.39, 0.29) is 0 Å². The molecule has 0 saturated heterocycles. The lowest BCUT2D eigenvalue weighted by Gasteiger charge is -2.00. The zero-order valence-corrected chi connectivity index (χ0v) is 6.84. The van der Waals surface area contributed by atoms with Crippen LogP contribution in [0.5, 0.6) is 5.75 Å². The molecule has 0 atom stereocenters. The minimum atomic E-state index is 0.529. The molecule has 0 aliphatic rings. The fourth-order valence-electron chi connectivity index (χ4n) is 0.686. The molecule has 1 aromatic rings. The van der Waals surface area contributed by atoms with E-state index in [1.54, 1.807) is 18.6 Å². The second-order valence-corrected chi connectivity index (χ2v) is 2.49. The van der Waals surface area contributed by atoms with Gasteiger partial charge in [-0.25, -0.2) is 0 Å². The van der Waals surface area contributed by atoms with Gasteiger partial charge in [-0.1, -0.05) is 11.6 Å². The Balaban J connectivity index is 2.52. The normalized spacial score (nSPS) is 9.27. The molecule has 0 N–H and O–H groups in total. The van der Waals surface area contributed by atoms with Crippen molar-refractivity contribution in [3.05, 3.63) is 42.6 Å². The molecular formula is C9H9ClO. The Kier molecular flexibility index (Phi) is 3.12. The minimum Gasteiger partial charge on any atom is -0.456 e. The van der Waals surface area contributed by atoms with E-state index in [4.69, 9.17) is 16.3 Å². The zero-order valence-electron chi connectivity index (χ0n) is 6.09. The van der Waals surface area contributed by atoms with Crippen molar-refractivity contribution in [1.82, 2.24) is 0 Å². The van der Waals surface area contributed by atoms with Crippen LogP contribution in [0.3, 0.4) is 0 Å². The third-order valence-corrected chi connectivity index (χ3v) is 1.43. The van der Waals surface area contributed by atoms with Crippen LogP contribution < -0.4 is 4.74 Å². The number of hydrogen-bond acceptors (Lipinski definition) is 1. The van der Waals surface area contributed by atoms with Gasteiger partial charge in [0, 0.05) is 5.02 Å². The average Bonchev–Trinajstić information content (AvgIpc) is 2.04. The summed E-state index contributed by atoms with van der Waals surface area (Å²) in [5.74, 6) is 0.814. The Labute approximate surface area is 71.9 Å². The largest absolute Gasteiger partial charge is 0.456 e. The molecule has 0 aliphatic heterocycles. The molecule has 0 spiro atoms. The Hall–Kier alpha value is -0.820. The molecule has 58 valence electrons. The summed E-state index contributed by atoms with van der Waals surface area (Å²) in [6, 6.07) is 7.23. The summed E-state index contributed by atoms with van der Waals surface area (Å²) in [4.78, 5) is 0. The van der Waals surface area contributed by atoms with Gasteiger partial charge in [-0.05, 0) is 30.7 Å². The van der Waals surface area contributed by atoms with Crippen molar-refractivity contribution < 1.29 is 4.74 Å². The summed E-state index contributed by atoms with van der Waals surface area (Å²) in [5.41, 5.74) is 0. The van der Waals surface area contributed by atoms with E-state index in [2.05, 4.69) is 6.92 Å². The average molecular weight is 169 g/mol. The molecule has 1 aromatic carbocycles. The maximum absolute atomic E-state index is 5.67. The highest BCUT2D eigenvalue weighted by Gasteiger charge is 1.92. The minimum absolute atomic E-state index is 0.529. The summed E-state index contributed by atoms with van der Waals surface area (Å²) >= 11 is 5.67. The Bertz CT molecular complexity index is 205. The van der Waals surface area contributed by atoms with E-state index in [0.717, 1.165) is 10.8 Å². The number of hydrogen-bond donors (Lipinski definition) is 0. The smallest absolute Gasteiger partial charge is 0.196 e. The first-order chi connectivity index (χ1) is 5.33. The molecule has 0 bridgehead atoms. The van der Waals surface area contributed by atoms with Crippen LogP contribution >= 0.6 is 11.6 Å². The summed E-state index contributed by atoms with van der Waals surface area (Å²) in [5, 5.41) is 0.718. The molecular weight excluding hydrogens is 160 g/mol. The second kappa shape index (κ2) is 4.14. The maximum Gasteiger partial charge on any atom is 0.196 e. The van der Waals surface area contributed by atoms with Crippen LogP contribution in [0.25, 0.3) is 0 Å². The van der Waals surface area contributed by atoms with Crippen LogP contribution in [0, 0.1) is 13.3 Å². The first-order valence-corrected chi connectivity index (χ1v) is 3.70. The van der Waals surface area contributed by atoms with Crippen LogP contribution in [0.4, 0.5) is 0 Å². The lowest BCUT2D eigenvalue weighted by molar-refractivity contribution is 0.353. The van der Waals surface area contributed by atoms with Gasteiger partial charge < -0.3 is 4.74 Å². The Morgan fingerprint density at radius 1 is 1.36 bits per heavy atom. The van der Waals surface area contributed by atoms with E-state index in [1.165, 1.54) is 0 Å². The summed E-state index contributed by atoms with van der Waals surface area (Å²) in [7, 11) is 0. The highest BCUT2D eigenvalue weighted by molar-refractivity contribution is 6.30. The van der Waals surface area contributed by atoms with Crippen LogP contribution in [-0.2, 0) is 0 Å². The van der Waals surface area contributed by atoms with Gasteiger partial charge in [0.05, 0.1) is 0 Å². The van der Waals surface area contributed by atoms with Crippen molar-refractivity contribution in [2.24, 2.45) is 0 Å². The van der Waals surface area contributed by atoms with Gasteiger partial charge in [-0.3, -0.25) is 0 Å². The first kappa shape index (κ1) is 8.28. The second-order valence-electron chi connectivity index (χ2n) is 2.05. The summed E-state index contributed by atoms with van der Waals surface area (Å²) in [6.07, 6.45) is 1.70. The molecule has 1 rings (SSSR count). The van der Waals surface area contributed by atoms with E-state index < -0.39 is 0 Å². The molecule has 0 heterocycles. The van der Waals surface area contributed by atoms with Crippen molar-refractivity contribution in [3.8, 4) is 5.75 Å². The summed E-state index contributed by atoms with van der Waals surface area (Å²) < 4.78 is 5.23. The maximum atomic E-state index is 5.67. The number of benzene rings is 1. The molecule has 0 fully saturated rings. The monoisotopic (exact) mass is 168 g/mol. The molecule has 0 aliphatic carbocycles. The van der Waals surface area contributed by atoms with Crippen LogP contribution in [0.15, 0.2) is 24.3 Å². The fraction of sp³-hybridized carbons (Fsp3) is 0.111. The van der Waals surface area contributed by atoms with Gasteiger partial charge in [0.1, 0.15) is 5.75 Å². The van der Waals surface area contributed by atoms with Gasteiger partial charge in [0.25, 0.3) is 0 Å². The summed E-state index contributed by atoms with van der Waals surface area (Å²) in [6.45, 7) is 4.07. The lowest BCUT2D eigenvalue weighted by Crippen LogP contribution is -1.94. The number of ether oxygens (including phenoxy) is 1. The van der Waals surface area contributed by atoms with Gasteiger partial charge in [-0.2, -0.15) is 0 Å². The van der Waals surface area contributed by atoms with Crippen LogP contribution in [0.2, 0.25) is 5.02 Å². The number of rotatable bonds is 3. The Morgan fingerprint density at radius 3 is 2.55 bits per heavy atom. The topological polar surface area (TPSA) is 9.23 Å². The lowest BCUT2D eigenvalue weighted by atomic mass is 10.3. The SMILES string of the molecule is [CH2-][CH+]COc1ccc(Cl)cc1. The molecule has 0 aromatic heterocycles. The van der Waals surface area contributed by atoms with Gasteiger partial charge >= 0.3 is 0 Å². The molecule has 0 amide bonds. The van der Waals surface area contributed by atoms with Crippen LogP contribution in [-0.4, -0.2) is 6.61 Å². The predicted molar refractivity (Wildman–Crippen MR) is 46.6 cm³/mol. The molecule has 0 saturated carbocycles. The third kappa shape index (κ3) is 2.72. The molecule has 1 nitrogen and oxygen atoms in total. The zero-order chi connectivity index (χ0) is 8.10. The fourth-order valence-corrected chi connectivity index (χ4v) is 0.812. The first-order valence-electron chi connectivity index (χ1n) is 3.32. The highest BCUT2D eigenvalue weighted by Crippen LogP contribution is 2.15. The van der Waals surface area contributed by atoms with Gasteiger partial charge in [-0.15, -0.1) is 6.92 Å². The van der Waals surface area contributed by atoms with Crippen molar-refractivity contribution in [2.75, 3.05) is 6.61 Å². The van der Waals surface area contributed by atoms with Crippen molar-refractivity contribution in [3.63, 3.8) is 0 Å². The molecule has 11 heavy (non-hydrogen) atoms. The Morgan fingerprint density at radius 2 is 2.00 bits per heavy atom. The standard InChI is InChI=1S/C9H9ClO/c1-2-7-11-9-5-3-8(10)4-6-9/h2-6H,1,7H2. The molecule has 0 unspecified atom stereocenters. The van der Waals surface area contributed by atoms with Crippen molar-refractivity contribution >= 4 is 11.6 Å². The van der Waals surface area contributed by atoms with E-state index in [9.17, 15) is 0 Å². The van der Waals surface area contributed by atoms with E-state index in [0.29, 0.717) is 6.61 Å². The predicted octanol–water partition coefficient (Wildman–Crippen LogP) is 2.76. The van der Waals surface area contributed by atoms with Gasteiger partial charge in [0.2, 0.25) is 0 Å². The third-order valence-electron chi connectivity index (χ3n) is 1.18.